The lowest BCUT2D eigenvalue weighted by atomic mass is 10.1. The van der Waals surface area contributed by atoms with Crippen LogP contribution in [-0.4, -0.2) is 16.4 Å². The molecule has 4 nitrogen and oxygen atoms in total. The zero-order valence-electron chi connectivity index (χ0n) is 17.0. The van der Waals surface area contributed by atoms with Gasteiger partial charge in [-0.1, -0.05) is 54.6 Å². The number of hydrogen-bond donors (Lipinski definition) is 0. The number of hydrogen-bond acceptors (Lipinski definition) is 3. The molecule has 0 saturated heterocycles. The predicted molar refractivity (Wildman–Crippen MR) is 114 cm³/mol. The lowest BCUT2D eigenvalue weighted by Crippen LogP contribution is -2.16. The monoisotopic (exact) mass is 437 g/mol. The van der Waals surface area contributed by atoms with Crippen LogP contribution in [0.5, 0.6) is 5.75 Å². The Balaban J connectivity index is 2.08. The van der Waals surface area contributed by atoms with Crippen molar-refractivity contribution in [1.82, 2.24) is 4.57 Å². The van der Waals surface area contributed by atoms with Crippen molar-refractivity contribution in [2.45, 2.75) is 19.5 Å². The van der Waals surface area contributed by atoms with Crippen molar-refractivity contribution in [2.75, 3.05) is 0 Å². The van der Waals surface area contributed by atoms with E-state index < -0.39 is 23.6 Å². The molecule has 4 aromatic rings. The third-order valence-corrected chi connectivity index (χ3v) is 5.03. The molecule has 0 aliphatic carbocycles. The van der Waals surface area contributed by atoms with E-state index in [1.165, 1.54) is 16.7 Å². The van der Waals surface area contributed by atoms with Crippen molar-refractivity contribution in [2.24, 2.45) is 0 Å². The molecule has 1 aromatic heterocycles. The number of aromatic nitrogens is 1. The zero-order chi connectivity index (χ0) is 22.9. The zero-order valence-corrected chi connectivity index (χ0v) is 17.0. The normalized spacial score (nSPS) is 11.5. The van der Waals surface area contributed by atoms with Gasteiger partial charge in [-0.15, -0.1) is 0 Å². The second-order valence-electron chi connectivity index (χ2n) is 7.24. The van der Waals surface area contributed by atoms with Gasteiger partial charge < -0.3 is 4.74 Å². The maximum Gasteiger partial charge on any atom is 0.417 e. The number of ether oxygens (including phenoxy) is 1. The highest BCUT2D eigenvalue weighted by Gasteiger charge is 2.37. The number of benzene rings is 3. The molecule has 7 heteroatoms. The molecule has 0 spiro atoms. The molecule has 0 saturated carbocycles. The average Bonchev–Trinajstić information content (AvgIpc) is 3.06. The van der Waals surface area contributed by atoms with E-state index in [4.69, 9.17) is 4.74 Å². The van der Waals surface area contributed by atoms with Crippen molar-refractivity contribution >= 4 is 22.8 Å². The molecule has 0 atom stereocenters. The van der Waals surface area contributed by atoms with E-state index in [9.17, 15) is 22.8 Å². The Labute approximate surface area is 181 Å². The van der Waals surface area contributed by atoms with Crippen molar-refractivity contribution < 1.29 is 27.5 Å². The standard InChI is InChI=1S/C25H18F3NO3/c1-16(30)32-23-21(15-17-9-4-2-5-10-17)29(24(31)18-11-6-3-7-12-18)20-14-8-13-19(22(20)23)25(26,27)28/h2-14H,15H2,1H3. The summed E-state index contributed by atoms with van der Waals surface area (Å²) in [5.74, 6) is -1.55. The third kappa shape index (κ3) is 4.01. The van der Waals surface area contributed by atoms with Crippen LogP contribution in [0.1, 0.15) is 34.1 Å². The van der Waals surface area contributed by atoms with Crippen LogP contribution in [0.25, 0.3) is 10.9 Å². The Bertz CT molecular complexity index is 1290. The quantitative estimate of drug-likeness (QED) is 0.376. The molecular weight excluding hydrogens is 419 g/mol. The lowest BCUT2D eigenvalue weighted by Gasteiger charge is -2.11. The van der Waals surface area contributed by atoms with Crippen molar-refractivity contribution in [3.05, 3.63) is 101 Å². The molecule has 32 heavy (non-hydrogen) atoms. The molecule has 162 valence electrons. The van der Waals surface area contributed by atoms with Crippen LogP contribution in [0.3, 0.4) is 0 Å². The highest BCUT2D eigenvalue weighted by molar-refractivity contribution is 6.06. The Kier molecular flexibility index (Phi) is 5.57. The number of alkyl halides is 3. The van der Waals surface area contributed by atoms with E-state index in [2.05, 4.69) is 0 Å². The van der Waals surface area contributed by atoms with Gasteiger partial charge in [0.1, 0.15) is 0 Å². The molecule has 0 aliphatic rings. The number of halogens is 3. The molecule has 0 N–H and O–H groups in total. The summed E-state index contributed by atoms with van der Waals surface area (Å²) in [4.78, 5) is 25.3. The van der Waals surface area contributed by atoms with Gasteiger partial charge in [0.25, 0.3) is 5.91 Å². The fourth-order valence-corrected chi connectivity index (χ4v) is 3.74. The van der Waals surface area contributed by atoms with E-state index in [1.54, 1.807) is 54.6 Å². The summed E-state index contributed by atoms with van der Waals surface area (Å²) in [6.45, 7) is 1.12. The van der Waals surface area contributed by atoms with Crippen LogP contribution in [0.4, 0.5) is 13.2 Å². The minimum absolute atomic E-state index is 0.0239. The van der Waals surface area contributed by atoms with Crippen LogP contribution >= 0.6 is 0 Å². The van der Waals surface area contributed by atoms with E-state index >= 15 is 0 Å². The van der Waals surface area contributed by atoms with E-state index in [1.807, 2.05) is 6.07 Å². The second kappa shape index (κ2) is 8.34. The molecule has 3 aromatic carbocycles. The maximum atomic E-state index is 13.9. The Morgan fingerprint density at radius 3 is 2.09 bits per heavy atom. The summed E-state index contributed by atoms with van der Waals surface area (Å²) >= 11 is 0. The topological polar surface area (TPSA) is 48.3 Å². The minimum Gasteiger partial charge on any atom is -0.424 e. The highest BCUT2D eigenvalue weighted by Crippen LogP contribution is 2.43. The van der Waals surface area contributed by atoms with Gasteiger partial charge in [-0.2, -0.15) is 13.2 Å². The Morgan fingerprint density at radius 2 is 1.50 bits per heavy atom. The lowest BCUT2D eigenvalue weighted by molar-refractivity contribution is -0.137. The van der Waals surface area contributed by atoms with Crippen molar-refractivity contribution in [1.29, 1.82) is 0 Å². The number of nitrogens with zero attached hydrogens (tertiary/aromatic N) is 1. The molecule has 0 amide bonds. The second-order valence-corrected chi connectivity index (χ2v) is 7.24. The molecular formula is C25H18F3NO3. The average molecular weight is 437 g/mol. The molecule has 0 radical (unpaired) electrons. The molecule has 4 rings (SSSR count). The fraction of sp³-hybridized carbons (Fsp3) is 0.120. The van der Waals surface area contributed by atoms with Gasteiger partial charge in [-0.3, -0.25) is 14.2 Å². The van der Waals surface area contributed by atoms with E-state index in [0.29, 0.717) is 5.56 Å². The van der Waals surface area contributed by atoms with Crippen LogP contribution < -0.4 is 4.74 Å². The largest absolute Gasteiger partial charge is 0.424 e. The predicted octanol–water partition coefficient (Wildman–Crippen LogP) is 5.86. The molecule has 0 unspecified atom stereocenters. The summed E-state index contributed by atoms with van der Waals surface area (Å²) in [5.41, 5.74) is 0.271. The van der Waals surface area contributed by atoms with Gasteiger partial charge in [0.15, 0.2) is 5.75 Å². The van der Waals surface area contributed by atoms with E-state index in [0.717, 1.165) is 18.6 Å². The van der Waals surface area contributed by atoms with Crippen LogP contribution in [-0.2, 0) is 17.4 Å². The summed E-state index contributed by atoms with van der Waals surface area (Å²) in [7, 11) is 0. The SMILES string of the molecule is CC(=O)Oc1c(Cc2ccccc2)n(C(=O)c2ccccc2)c2cccc(C(F)(F)F)c12. The highest BCUT2D eigenvalue weighted by atomic mass is 19.4. The smallest absolute Gasteiger partial charge is 0.417 e. The first kappa shape index (κ1) is 21.4. The van der Waals surface area contributed by atoms with Crippen molar-refractivity contribution in [3.63, 3.8) is 0 Å². The molecule has 0 bridgehead atoms. The van der Waals surface area contributed by atoms with Crippen LogP contribution in [0.2, 0.25) is 0 Å². The Hall–Kier alpha value is -3.87. The van der Waals surface area contributed by atoms with Crippen LogP contribution in [0.15, 0.2) is 78.9 Å². The van der Waals surface area contributed by atoms with Gasteiger partial charge in [-0.05, 0) is 29.8 Å². The van der Waals surface area contributed by atoms with E-state index in [-0.39, 0.29) is 28.8 Å². The fourth-order valence-electron chi connectivity index (χ4n) is 3.74. The van der Waals surface area contributed by atoms with Crippen molar-refractivity contribution in [3.8, 4) is 5.75 Å². The Morgan fingerprint density at radius 1 is 0.875 bits per heavy atom. The maximum absolute atomic E-state index is 13.9. The minimum atomic E-state index is -4.71. The molecule has 0 fully saturated rings. The van der Waals surface area contributed by atoms with Gasteiger partial charge in [0, 0.05) is 18.9 Å². The number of carbonyl (C=O) groups excluding carboxylic acids is 2. The van der Waals surface area contributed by atoms with Gasteiger partial charge in [0.05, 0.1) is 22.2 Å². The summed E-state index contributed by atoms with van der Waals surface area (Å²) in [6.07, 6.45) is -4.62. The summed E-state index contributed by atoms with van der Waals surface area (Å²) in [6, 6.07) is 20.8. The number of fused-ring (bicyclic) bond motifs is 1. The molecule has 0 aliphatic heterocycles. The number of carbonyl (C=O) groups is 2. The summed E-state index contributed by atoms with van der Waals surface area (Å²) in [5, 5.41) is -0.314. The first-order valence-electron chi connectivity index (χ1n) is 9.83. The molecule has 1 heterocycles. The summed E-state index contributed by atoms with van der Waals surface area (Å²) < 4.78 is 48.2. The first-order valence-corrected chi connectivity index (χ1v) is 9.83. The third-order valence-electron chi connectivity index (χ3n) is 5.03. The number of esters is 1. The first-order chi connectivity index (χ1) is 15.3. The van der Waals surface area contributed by atoms with Crippen LogP contribution in [0, 0.1) is 0 Å². The number of rotatable bonds is 4. The van der Waals surface area contributed by atoms with Gasteiger partial charge >= 0.3 is 12.1 Å². The van der Waals surface area contributed by atoms with Gasteiger partial charge in [-0.25, -0.2) is 0 Å². The van der Waals surface area contributed by atoms with Gasteiger partial charge in [0.2, 0.25) is 0 Å².